The van der Waals surface area contributed by atoms with Crippen LogP contribution in [0.2, 0.25) is 0 Å². The Balaban J connectivity index is 2.05. The molecule has 0 aliphatic heterocycles. The monoisotopic (exact) mass is 157 g/mol. The molecule has 0 unspecified atom stereocenters. The van der Waals surface area contributed by atoms with E-state index in [0.29, 0.717) is 10.4 Å². The summed E-state index contributed by atoms with van der Waals surface area (Å²) in [5, 5.41) is 1.000. The van der Waals surface area contributed by atoms with Gasteiger partial charge in [-0.05, 0) is 25.7 Å². The third-order valence-electron chi connectivity index (χ3n) is 1.61. The van der Waals surface area contributed by atoms with Crippen molar-refractivity contribution in [3.8, 4) is 0 Å². The second kappa shape index (κ2) is 4.02. The van der Waals surface area contributed by atoms with Gasteiger partial charge in [-0.2, -0.15) is 0 Å². The van der Waals surface area contributed by atoms with Crippen LogP contribution in [-0.4, -0.2) is 10.4 Å². The Morgan fingerprint density at radius 3 is 2.80 bits per heavy atom. The molecule has 0 amide bonds. The lowest BCUT2D eigenvalue weighted by Gasteiger charge is -2.22. The van der Waals surface area contributed by atoms with E-state index in [9.17, 15) is 4.79 Å². The van der Waals surface area contributed by atoms with E-state index in [1.807, 2.05) is 6.92 Å². The summed E-state index contributed by atoms with van der Waals surface area (Å²) in [6, 6.07) is 0. The molecule has 0 aromatic heterocycles. The highest BCUT2D eigenvalue weighted by Crippen LogP contribution is 2.31. The predicted molar refractivity (Wildman–Crippen MR) is 44.8 cm³/mol. The maximum Gasteiger partial charge on any atom is 0.189 e. The van der Waals surface area contributed by atoms with Gasteiger partial charge in [0.15, 0.2) is 5.12 Å². The molecule has 1 fully saturated rings. The number of carbonyl (C=O) groups is 1. The molecule has 57 valence electrons. The second-order valence-electron chi connectivity index (χ2n) is 2.62. The second-order valence-corrected chi connectivity index (χ2v) is 3.98. The highest BCUT2D eigenvalue weighted by Gasteiger charge is 2.20. The molecule has 0 bridgehead atoms. The van der Waals surface area contributed by atoms with Crippen molar-refractivity contribution >= 4 is 16.9 Å². The first-order valence-corrected chi connectivity index (χ1v) is 4.72. The fourth-order valence-electron chi connectivity index (χ4n) is 0.848. The smallest absolute Gasteiger partial charge is 0.189 e. The zero-order chi connectivity index (χ0) is 7.40. The summed E-state index contributed by atoms with van der Waals surface area (Å²) in [6.45, 7) is 2.05. The molecule has 0 saturated heterocycles. The van der Waals surface area contributed by atoms with Crippen LogP contribution >= 0.6 is 11.8 Å². The lowest BCUT2D eigenvalue weighted by Crippen LogP contribution is -2.16. The molecule has 1 radical (unpaired) electrons. The number of rotatable bonds is 3. The zero-order valence-electron chi connectivity index (χ0n) is 6.30. The van der Waals surface area contributed by atoms with Gasteiger partial charge in [-0.15, -0.1) is 0 Å². The van der Waals surface area contributed by atoms with E-state index in [0.717, 1.165) is 25.7 Å². The zero-order valence-corrected chi connectivity index (χ0v) is 7.12. The number of hydrogen-bond donors (Lipinski definition) is 0. The molecule has 1 aliphatic rings. The molecule has 2 heteroatoms. The Hall–Kier alpha value is 0.0200. The van der Waals surface area contributed by atoms with Gasteiger partial charge in [-0.1, -0.05) is 18.7 Å². The van der Waals surface area contributed by atoms with Crippen molar-refractivity contribution in [2.45, 2.75) is 37.9 Å². The Bertz CT molecular complexity index is 118. The van der Waals surface area contributed by atoms with E-state index in [2.05, 4.69) is 6.42 Å². The van der Waals surface area contributed by atoms with Gasteiger partial charge in [-0.25, -0.2) is 0 Å². The quantitative estimate of drug-likeness (QED) is 0.625. The Kier molecular flexibility index (Phi) is 3.26. The molecule has 0 heterocycles. The minimum atomic E-state index is 0.376. The van der Waals surface area contributed by atoms with Gasteiger partial charge in [0.05, 0.1) is 0 Å². The third kappa shape index (κ3) is 2.33. The molecule has 0 aromatic rings. The van der Waals surface area contributed by atoms with Crippen LogP contribution in [-0.2, 0) is 4.79 Å². The van der Waals surface area contributed by atoms with Gasteiger partial charge in [-0.3, -0.25) is 4.79 Å². The SMILES string of the molecule is CCCC(=O)SC1C[CH]C1. The molecular weight excluding hydrogens is 144 g/mol. The molecule has 1 nitrogen and oxygen atoms in total. The van der Waals surface area contributed by atoms with Crippen LogP contribution in [0.3, 0.4) is 0 Å². The lowest BCUT2D eigenvalue weighted by molar-refractivity contribution is -0.111. The van der Waals surface area contributed by atoms with Gasteiger partial charge in [0.25, 0.3) is 0 Å². The summed E-state index contributed by atoms with van der Waals surface area (Å²) in [7, 11) is 0. The van der Waals surface area contributed by atoms with Gasteiger partial charge in [0, 0.05) is 11.7 Å². The Morgan fingerprint density at radius 1 is 1.70 bits per heavy atom. The van der Waals surface area contributed by atoms with Crippen molar-refractivity contribution in [1.29, 1.82) is 0 Å². The molecular formula is C8H13OS. The summed E-state index contributed by atoms with van der Waals surface area (Å²) in [4.78, 5) is 11.0. The molecule has 0 N–H and O–H groups in total. The highest BCUT2D eigenvalue weighted by molar-refractivity contribution is 8.14. The lowest BCUT2D eigenvalue weighted by atomic mass is 10.0. The first-order valence-electron chi connectivity index (χ1n) is 3.84. The maximum absolute atomic E-state index is 11.0. The largest absolute Gasteiger partial charge is 0.287 e. The van der Waals surface area contributed by atoms with Crippen LogP contribution in [0.5, 0.6) is 0 Å². The van der Waals surface area contributed by atoms with Crippen molar-refractivity contribution in [3.63, 3.8) is 0 Å². The molecule has 0 atom stereocenters. The van der Waals surface area contributed by atoms with Crippen molar-refractivity contribution in [2.24, 2.45) is 0 Å². The van der Waals surface area contributed by atoms with Gasteiger partial charge in [0.1, 0.15) is 0 Å². The summed E-state index contributed by atoms with van der Waals surface area (Å²) in [5.74, 6) is 0. The van der Waals surface area contributed by atoms with E-state index in [4.69, 9.17) is 0 Å². The average Bonchev–Trinajstić information content (AvgIpc) is 1.80. The molecule has 0 aromatic carbocycles. The molecule has 1 aliphatic carbocycles. The van der Waals surface area contributed by atoms with Crippen LogP contribution in [0, 0.1) is 6.42 Å². The maximum atomic E-state index is 11.0. The average molecular weight is 157 g/mol. The molecule has 1 saturated carbocycles. The predicted octanol–water partition coefficient (Wildman–Crippen LogP) is 2.41. The summed E-state index contributed by atoms with van der Waals surface area (Å²) >= 11 is 1.54. The summed E-state index contributed by atoms with van der Waals surface area (Å²) in [6.07, 6.45) is 6.25. The van der Waals surface area contributed by atoms with E-state index < -0.39 is 0 Å². The fraction of sp³-hybridized carbons (Fsp3) is 0.750. The standard InChI is InChI=1S/C8H13OS/c1-2-4-8(9)10-7-5-3-6-7/h3,7H,2,4-6H2,1H3. The number of hydrogen-bond acceptors (Lipinski definition) is 2. The molecule has 10 heavy (non-hydrogen) atoms. The Morgan fingerprint density at radius 2 is 2.40 bits per heavy atom. The fourth-order valence-corrected chi connectivity index (χ4v) is 2.01. The molecule has 1 rings (SSSR count). The highest BCUT2D eigenvalue weighted by atomic mass is 32.2. The first kappa shape index (κ1) is 8.12. The van der Waals surface area contributed by atoms with E-state index in [1.165, 1.54) is 0 Å². The third-order valence-corrected chi connectivity index (χ3v) is 2.80. The van der Waals surface area contributed by atoms with E-state index in [-0.39, 0.29) is 0 Å². The van der Waals surface area contributed by atoms with Crippen LogP contribution in [0.1, 0.15) is 32.6 Å². The van der Waals surface area contributed by atoms with Crippen LogP contribution in [0.4, 0.5) is 0 Å². The number of carbonyl (C=O) groups excluding carboxylic acids is 1. The summed E-state index contributed by atoms with van der Waals surface area (Å²) in [5.41, 5.74) is 0. The minimum absolute atomic E-state index is 0.376. The van der Waals surface area contributed by atoms with Crippen LogP contribution in [0.25, 0.3) is 0 Å². The van der Waals surface area contributed by atoms with Gasteiger partial charge < -0.3 is 0 Å². The minimum Gasteiger partial charge on any atom is -0.287 e. The first-order chi connectivity index (χ1) is 4.83. The van der Waals surface area contributed by atoms with Crippen LogP contribution < -0.4 is 0 Å². The van der Waals surface area contributed by atoms with Crippen molar-refractivity contribution in [1.82, 2.24) is 0 Å². The van der Waals surface area contributed by atoms with Crippen molar-refractivity contribution < 1.29 is 4.79 Å². The van der Waals surface area contributed by atoms with Gasteiger partial charge in [0.2, 0.25) is 0 Å². The van der Waals surface area contributed by atoms with Crippen molar-refractivity contribution in [3.05, 3.63) is 6.42 Å². The number of thioether (sulfide) groups is 1. The normalized spacial score (nSPS) is 18.5. The molecule has 0 spiro atoms. The summed E-state index contributed by atoms with van der Waals surface area (Å²) < 4.78 is 0. The van der Waals surface area contributed by atoms with E-state index in [1.54, 1.807) is 11.8 Å². The van der Waals surface area contributed by atoms with Crippen molar-refractivity contribution in [2.75, 3.05) is 0 Å². The van der Waals surface area contributed by atoms with Crippen LogP contribution in [0.15, 0.2) is 0 Å². The van der Waals surface area contributed by atoms with Gasteiger partial charge >= 0.3 is 0 Å². The van der Waals surface area contributed by atoms with E-state index >= 15 is 0 Å². The topological polar surface area (TPSA) is 17.1 Å². The Labute approximate surface area is 66.6 Å².